The van der Waals surface area contributed by atoms with Crippen molar-refractivity contribution in [3.05, 3.63) is 53.2 Å². The summed E-state index contributed by atoms with van der Waals surface area (Å²) in [5.41, 5.74) is 5.60. The fourth-order valence-electron chi connectivity index (χ4n) is 4.67. The molecule has 7 nitrogen and oxygen atoms in total. The van der Waals surface area contributed by atoms with Crippen LogP contribution in [0.5, 0.6) is 0 Å². The molecule has 1 aromatic carbocycles. The molecule has 5 rings (SSSR count). The summed E-state index contributed by atoms with van der Waals surface area (Å²) in [4.78, 5) is 23.3. The van der Waals surface area contributed by atoms with E-state index in [1.54, 1.807) is 29.8 Å². The Balaban J connectivity index is 1.47. The summed E-state index contributed by atoms with van der Waals surface area (Å²) < 4.78 is 6.19. The molecule has 0 spiro atoms. The van der Waals surface area contributed by atoms with Crippen LogP contribution >= 0.6 is 22.7 Å². The average molecular weight is 522 g/mol. The zero-order valence-electron chi connectivity index (χ0n) is 20.8. The average Bonchev–Trinajstić information content (AvgIpc) is 3.44. The van der Waals surface area contributed by atoms with E-state index in [0.29, 0.717) is 25.6 Å². The van der Waals surface area contributed by atoms with E-state index in [2.05, 4.69) is 53.0 Å². The van der Waals surface area contributed by atoms with Gasteiger partial charge in [-0.05, 0) is 61.2 Å². The fourth-order valence-corrected chi connectivity index (χ4v) is 7.02. The Hall–Kier alpha value is -2.69. The molecule has 1 aliphatic heterocycles. The zero-order chi connectivity index (χ0) is 25.1. The number of benzene rings is 1. The van der Waals surface area contributed by atoms with E-state index in [1.165, 1.54) is 10.4 Å². The number of hydrogen-bond donors (Lipinski definition) is 3. The SMILES string of the molecule is COCCNCCC(=O)Nc1sc2c(c1-c1nc3cc(-c4ccncc4)ccc3s1)C[C@H](C)N[C@H]2C. The molecule has 9 heteroatoms. The normalized spacial score (nSPS) is 17.3. The van der Waals surface area contributed by atoms with Crippen LogP contribution in [0.4, 0.5) is 5.00 Å². The van der Waals surface area contributed by atoms with Crippen LogP contribution in [0.3, 0.4) is 0 Å². The molecule has 2 atom stereocenters. The first-order chi connectivity index (χ1) is 17.5. The standard InChI is InChI=1S/C27H31N5O2S2/c1-16-14-20-24(26-31-21-15-19(4-5-22(21)35-26)18-6-9-28-10-7-18)27(36-25(20)17(2)30-16)32-23(33)8-11-29-12-13-34-3/h4-7,9-10,15-17,29-30H,8,11-14H2,1-3H3,(H,32,33)/t16-,17-/m0/s1. The first kappa shape index (κ1) is 25.0. The van der Waals surface area contributed by atoms with Gasteiger partial charge in [0.15, 0.2) is 0 Å². The van der Waals surface area contributed by atoms with Gasteiger partial charge in [-0.1, -0.05) is 6.07 Å². The van der Waals surface area contributed by atoms with Crippen molar-refractivity contribution in [3.8, 4) is 21.7 Å². The summed E-state index contributed by atoms with van der Waals surface area (Å²) >= 11 is 3.37. The van der Waals surface area contributed by atoms with Crippen molar-refractivity contribution in [2.75, 3.05) is 32.1 Å². The number of carbonyl (C=O) groups excluding carboxylic acids is 1. The topological polar surface area (TPSA) is 88.2 Å². The monoisotopic (exact) mass is 521 g/mol. The van der Waals surface area contributed by atoms with Gasteiger partial charge in [0.2, 0.25) is 5.91 Å². The van der Waals surface area contributed by atoms with E-state index in [1.807, 2.05) is 24.5 Å². The molecule has 3 aromatic heterocycles. The molecule has 1 amide bonds. The minimum Gasteiger partial charge on any atom is -0.383 e. The summed E-state index contributed by atoms with van der Waals surface area (Å²) in [6.45, 7) is 6.39. The highest BCUT2D eigenvalue weighted by Crippen LogP contribution is 2.47. The molecule has 3 N–H and O–H groups in total. The predicted octanol–water partition coefficient (Wildman–Crippen LogP) is 5.25. The molecule has 4 aromatic rings. The summed E-state index contributed by atoms with van der Waals surface area (Å²) in [5, 5.41) is 12.0. The van der Waals surface area contributed by atoms with Gasteiger partial charge in [0.25, 0.3) is 0 Å². The van der Waals surface area contributed by atoms with Crippen molar-refractivity contribution >= 4 is 43.8 Å². The first-order valence-corrected chi connectivity index (χ1v) is 13.9. The molecule has 0 saturated carbocycles. The molecule has 36 heavy (non-hydrogen) atoms. The van der Waals surface area contributed by atoms with Crippen LogP contribution in [0, 0.1) is 0 Å². The van der Waals surface area contributed by atoms with Crippen LogP contribution in [0.15, 0.2) is 42.7 Å². The van der Waals surface area contributed by atoms with Crippen molar-refractivity contribution in [2.24, 2.45) is 0 Å². The third-order valence-corrected chi connectivity index (χ3v) is 8.74. The van der Waals surface area contributed by atoms with Crippen LogP contribution in [0.1, 0.15) is 36.8 Å². The van der Waals surface area contributed by atoms with E-state index >= 15 is 0 Å². The highest BCUT2D eigenvalue weighted by atomic mass is 32.1. The maximum Gasteiger partial charge on any atom is 0.226 e. The maximum absolute atomic E-state index is 12.8. The van der Waals surface area contributed by atoms with E-state index < -0.39 is 0 Å². The third kappa shape index (κ3) is 5.35. The lowest BCUT2D eigenvalue weighted by Gasteiger charge is -2.26. The van der Waals surface area contributed by atoms with E-state index in [9.17, 15) is 4.79 Å². The Labute approximate surface area is 219 Å². The Bertz CT molecular complexity index is 1350. The number of ether oxygens (including phenoxy) is 1. The molecule has 4 heterocycles. The van der Waals surface area contributed by atoms with Crippen LogP contribution in [0.2, 0.25) is 0 Å². The summed E-state index contributed by atoms with van der Waals surface area (Å²) in [6, 6.07) is 11.0. The van der Waals surface area contributed by atoms with E-state index in [4.69, 9.17) is 9.72 Å². The number of rotatable bonds is 9. The number of aromatic nitrogens is 2. The summed E-state index contributed by atoms with van der Waals surface area (Å²) in [5.74, 6) is 0.00880. The Morgan fingerprint density at radius 2 is 1.97 bits per heavy atom. The number of hydrogen-bond acceptors (Lipinski definition) is 8. The van der Waals surface area contributed by atoms with E-state index in [-0.39, 0.29) is 11.9 Å². The van der Waals surface area contributed by atoms with Crippen molar-refractivity contribution < 1.29 is 9.53 Å². The largest absolute Gasteiger partial charge is 0.383 e. The van der Waals surface area contributed by atoms with Gasteiger partial charge in [-0.2, -0.15) is 0 Å². The smallest absolute Gasteiger partial charge is 0.226 e. The molecule has 0 unspecified atom stereocenters. The number of nitrogens with zero attached hydrogens (tertiary/aromatic N) is 2. The van der Waals surface area contributed by atoms with Crippen molar-refractivity contribution in [1.29, 1.82) is 0 Å². The molecule has 0 fully saturated rings. The molecular weight excluding hydrogens is 490 g/mol. The molecule has 0 aliphatic carbocycles. The Kier molecular flexibility index (Phi) is 7.73. The van der Waals surface area contributed by atoms with Crippen LogP contribution < -0.4 is 16.0 Å². The Morgan fingerprint density at radius 1 is 1.14 bits per heavy atom. The van der Waals surface area contributed by atoms with E-state index in [0.717, 1.165) is 49.9 Å². The highest BCUT2D eigenvalue weighted by molar-refractivity contribution is 7.23. The van der Waals surface area contributed by atoms with Gasteiger partial charge in [0, 0.05) is 61.5 Å². The highest BCUT2D eigenvalue weighted by Gasteiger charge is 2.30. The Morgan fingerprint density at radius 3 is 2.78 bits per heavy atom. The second kappa shape index (κ2) is 11.1. The summed E-state index contributed by atoms with van der Waals surface area (Å²) in [7, 11) is 1.67. The number of fused-ring (bicyclic) bond motifs is 2. The van der Waals surface area contributed by atoms with Gasteiger partial charge in [-0.15, -0.1) is 22.7 Å². The number of pyridine rings is 1. The minimum absolute atomic E-state index is 0.00880. The van der Waals surface area contributed by atoms with Gasteiger partial charge in [0.1, 0.15) is 10.0 Å². The van der Waals surface area contributed by atoms with Crippen LogP contribution in [-0.4, -0.2) is 48.7 Å². The second-order valence-corrected chi connectivity index (χ2v) is 11.2. The number of anilines is 1. The molecular formula is C27H31N5O2S2. The molecule has 0 bridgehead atoms. The quantitative estimate of drug-likeness (QED) is 0.261. The lowest BCUT2D eigenvalue weighted by molar-refractivity contribution is -0.116. The molecule has 1 aliphatic rings. The second-order valence-electron chi connectivity index (χ2n) is 9.12. The number of nitrogens with one attached hydrogen (secondary N) is 3. The lowest BCUT2D eigenvalue weighted by atomic mass is 9.95. The summed E-state index contributed by atoms with van der Waals surface area (Å²) in [6.07, 6.45) is 4.94. The van der Waals surface area contributed by atoms with Gasteiger partial charge in [-0.3, -0.25) is 9.78 Å². The molecule has 0 radical (unpaired) electrons. The van der Waals surface area contributed by atoms with Crippen molar-refractivity contribution in [1.82, 2.24) is 20.6 Å². The zero-order valence-corrected chi connectivity index (χ0v) is 22.4. The van der Waals surface area contributed by atoms with Crippen LogP contribution in [-0.2, 0) is 16.0 Å². The number of thiazole rings is 1. The number of methoxy groups -OCH3 is 1. The van der Waals surface area contributed by atoms with Gasteiger partial charge < -0.3 is 20.7 Å². The number of amides is 1. The lowest BCUT2D eigenvalue weighted by Crippen LogP contribution is -2.35. The third-order valence-electron chi connectivity index (χ3n) is 6.36. The number of thiophene rings is 1. The number of carbonyl (C=O) groups is 1. The maximum atomic E-state index is 12.8. The van der Waals surface area contributed by atoms with Gasteiger partial charge in [0.05, 0.1) is 16.8 Å². The van der Waals surface area contributed by atoms with Crippen molar-refractivity contribution in [2.45, 2.75) is 38.8 Å². The molecule has 0 saturated heterocycles. The first-order valence-electron chi connectivity index (χ1n) is 12.3. The molecule has 188 valence electrons. The van der Waals surface area contributed by atoms with Crippen LogP contribution in [0.25, 0.3) is 31.9 Å². The predicted molar refractivity (Wildman–Crippen MR) is 149 cm³/mol. The van der Waals surface area contributed by atoms with Gasteiger partial charge in [-0.25, -0.2) is 4.98 Å². The van der Waals surface area contributed by atoms with Gasteiger partial charge >= 0.3 is 0 Å². The van der Waals surface area contributed by atoms with Crippen molar-refractivity contribution in [3.63, 3.8) is 0 Å². The minimum atomic E-state index is 0.00880. The fraction of sp³-hybridized carbons (Fsp3) is 0.370.